The summed E-state index contributed by atoms with van der Waals surface area (Å²) in [4.78, 5) is 18.0. The summed E-state index contributed by atoms with van der Waals surface area (Å²) in [7, 11) is 0. The highest BCUT2D eigenvalue weighted by molar-refractivity contribution is 7.22. The third kappa shape index (κ3) is 2.42. The van der Waals surface area contributed by atoms with Crippen molar-refractivity contribution in [1.82, 2.24) is 15.7 Å². The molecular formula is C20H18N4O3S. The van der Waals surface area contributed by atoms with Gasteiger partial charge in [-0.25, -0.2) is 15.4 Å². The van der Waals surface area contributed by atoms with E-state index in [1.165, 1.54) is 11.3 Å². The molecule has 0 radical (unpaired) electrons. The van der Waals surface area contributed by atoms with Gasteiger partial charge in [-0.3, -0.25) is 10.1 Å². The van der Waals surface area contributed by atoms with E-state index < -0.39 is 0 Å². The molecule has 1 amide bonds. The Morgan fingerprint density at radius 1 is 1.14 bits per heavy atom. The van der Waals surface area contributed by atoms with Gasteiger partial charge in [-0.2, -0.15) is 0 Å². The molecule has 8 heteroatoms. The fourth-order valence-corrected chi connectivity index (χ4v) is 5.29. The van der Waals surface area contributed by atoms with E-state index in [2.05, 4.69) is 15.7 Å². The number of rotatable bonds is 2. The summed E-state index contributed by atoms with van der Waals surface area (Å²) in [5.74, 6) is 1.50. The zero-order valence-electron chi connectivity index (χ0n) is 14.9. The van der Waals surface area contributed by atoms with E-state index in [-0.39, 0.29) is 30.7 Å². The summed E-state index contributed by atoms with van der Waals surface area (Å²) in [6, 6.07) is 13.9. The van der Waals surface area contributed by atoms with Crippen LogP contribution in [-0.4, -0.2) is 30.4 Å². The Kier molecular flexibility index (Phi) is 3.59. The summed E-state index contributed by atoms with van der Waals surface area (Å²) in [6.45, 7) is 1.09. The van der Waals surface area contributed by atoms with Crippen molar-refractivity contribution in [2.24, 2.45) is 5.92 Å². The summed E-state index contributed by atoms with van der Waals surface area (Å²) in [6.07, 6.45) is 0.783. The van der Waals surface area contributed by atoms with Crippen molar-refractivity contribution in [2.45, 2.75) is 18.5 Å². The highest BCUT2D eigenvalue weighted by Crippen LogP contribution is 2.42. The Labute approximate surface area is 165 Å². The quantitative estimate of drug-likeness (QED) is 0.696. The number of ether oxygens (including phenoxy) is 2. The number of hydrogen-bond donors (Lipinski definition) is 2. The molecule has 2 aromatic carbocycles. The van der Waals surface area contributed by atoms with Gasteiger partial charge in [0.1, 0.15) is 0 Å². The van der Waals surface area contributed by atoms with Gasteiger partial charge in [0.25, 0.3) is 0 Å². The lowest BCUT2D eigenvalue weighted by molar-refractivity contribution is -0.121. The number of benzene rings is 2. The monoisotopic (exact) mass is 394 g/mol. The first kappa shape index (κ1) is 16.3. The Morgan fingerprint density at radius 2 is 2.04 bits per heavy atom. The number of fused-ring (bicyclic) bond motifs is 3. The van der Waals surface area contributed by atoms with Gasteiger partial charge in [0.2, 0.25) is 17.8 Å². The first-order chi connectivity index (χ1) is 13.8. The Balaban J connectivity index is 1.34. The molecule has 1 aromatic heterocycles. The van der Waals surface area contributed by atoms with Crippen LogP contribution in [0.3, 0.4) is 0 Å². The minimum Gasteiger partial charge on any atom is -0.454 e. The molecule has 2 N–H and O–H groups in total. The van der Waals surface area contributed by atoms with E-state index in [4.69, 9.17) is 9.47 Å². The number of hydrogen-bond acceptors (Lipinski definition) is 7. The average Bonchev–Trinajstić information content (AvgIpc) is 3.43. The zero-order chi connectivity index (χ0) is 18.7. The van der Waals surface area contributed by atoms with E-state index in [0.717, 1.165) is 40.2 Å². The predicted octanol–water partition coefficient (Wildman–Crippen LogP) is 2.60. The largest absolute Gasteiger partial charge is 0.454 e. The van der Waals surface area contributed by atoms with Crippen LogP contribution in [0.1, 0.15) is 17.9 Å². The molecule has 0 saturated carbocycles. The lowest BCUT2D eigenvalue weighted by atomic mass is 9.79. The topological polar surface area (TPSA) is 75.7 Å². The summed E-state index contributed by atoms with van der Waals surface area (Å²) < 4.78 is 12.0. The van der Waals surface area contributed by atoms with Crippen LogP contribution in [0.2, 0.25) is 0 Å². The van der Waals surface area contributed by atoms with Crippen molar-refractivity contribution in [2.75, 3.05) is 18.3 Å². The zero-order valence-corrected chi connectivity index (χ0v) is 15.7. The van der Waals surface area contributed by atoms with E-state index in [1.807, 2.05) is 42.5 Å². The number of nitrogens with zero attached hydrogens (tertiary/aromatic N) is 2. The molecule has 6 rings (SSSR count). The predicted molar refractivity (Wildman–Crippen MR) is 105 cm³/mol. The second-order valence-electron chi connectivity index (χ2n) is 7.23. The molecule has 0 aliphatic carbocycles. The first-order valence-corrected chi connectivity index (χ1v) is 10.2. The van der Waals surface area contributed by atoms with Crippen LogP contribution in [0, 0.1) is 5.92 Å². The molecule has 142 valence electrons. The molecule has 0 spiro atoms. The highest BCUT2D eigenvalue weighted by Gasteiger charge is 2.48. The Morgan fingerprint density at radius 3 is 2.96 bits per heavy atom. The van der Waals surface area contributed by atoms with Gasteiger partial charge in [0.05, 0.1) is 22.3 Å². The maximum absolute atomic E-state index is 13.4. The standard InChI is InChI=1S/C20H18N4O3S/c25-19-17-12(11-5-6-14-15(9-11)27-10-26-14)7-8-21-18(17)23-24(19)20-22-13-3-1-2-4-16(13)28-20/h1-6,9,12,17-18,21,23H,7-8,10H2. The molecule has 2 saturated heterocycles. The van der Waals surface area contributed by atoms with Gasteiger partial charge in [-0.15, -0.1) is 0 Å². The van der Waals surface area contributed by atoms with Crippen LogP contribution in [0.15, 0.2) is 42.5 Å². The maximum Gasteiger partial charge on any atom is 0.250 e. The van der Waals surface area contributed by atoms with Crippen molar-refractivity contribution >= 4 is 32.6 Å². The molecule has 0 bridgehead atoms. The third-order valence-corrected chi connectivity index (χ3v) is 6.71. The number of para-hydroxylation sites is 1. The van der Waals surface area contributed by atoms with Gasteiger partial charge in [0, 0.05) is 0 Å². The fourth-order valence-electron chi connectivity index (χ4n) is 4.35. The molecule has 4 heterocycles. The minimum absolute atomic E-state index is 0.0546. The van der Waals surface area contributed by atoms with Gasteiger partial charge < -0.3 is 9.47 Å². The van der Waals surface area contributed by atoms with Crippen LogP contribution in [0.4, 0.5) is 5.13 Å². The van der Waals surface area contributed by atoms with Crippen molar-refractivity contribution in [3.05, 3.63) is 48.0 Å². The molecule has 3 unspecified atom stereocenters. The Hall–Kier alpha value is -2.68. The Bertz CT molecular complexity index is 1050. The molecule has 2 fully saturated rings. The van der Waals surface area contributed by atoms with E-state index in [1.54, 1.807) is 5.01 Å². The van der Waals surface area contributed by atoms with E-state index in [9.17, 15) is 4.79 Å². The number of nitrogens with one attached hydrogen (secondary N) is 2. The van der Waals surface area contributed by atoms with Crippen molar-refractivity contribution < 1.29 is 14.3 Å². The van der Waals surface area contributed by atoms with Gasteiger partial charge in [0.15, 0.2) is 11.5 Å². The minimum atomic E-state index is -0.193. The number of anilines is 1. The van der Waals surface area contributed by atoms with Crippen molar-refractivity contribution in [3.8, 4) is 11.5 Å². The number of thiazole rings is 1. The van der Waals surface area contributed by atoms with E-state index in [0.29, 0.717) is 5.13 Å². The lowest BCUT2D eigenvalue weighted by Gasteiger charge is -2.32. The molecular weight excluding hydrogens is 376 g/mol. The normalized spacial score (nSPS) is 26.1. The molecule has 3 aliphatic rings. The second kappa shape index (κ2) is 6.16. The number of aromatic nitrogens is 1. The number of carbonyl (C=O) groups excluding carboxylic acids is 1. The van der Waals surface area contributed by atoms with Gasteiger partial charge >= 0.3 is 0 Å². The van der Waals surface area contributed by atoms with Crippen LogP contribution < -0.4 is 25.2 Å². The highest BCUT2D eigenvalue weighted by atomic mass is 32.1. The maximum atomic E-state index is 13.4. The van der Waals surface area contributed by atoms with Crippen LogP contribution >= 0.6 is 11.3 Å². The average molecular weight is 394 g/mol. The van der Waals surface area contributed by atoms with Crippen LogP contribution in [0.5, 0.6) is 11.5 Å². The molecule has 3 aliphatic heterocycles. The van der Waals surface area contributed by atoms with Crippen LogP contribution in [-0.2, 0) is 4.79 Å². The SMILES string of the molecule is O=C1C2C(NCCC2c2ccc3c(c2)OCO3)NN1c1nc2ccccc2s1. The van der Waals surface area contributed by atoms with Gasteiger partial charge in [-0.1, -0.05) is 29.5 Å². The molecule has 3 aromatic rings. The first-order valence-electron chi connectivity index (χ1n) is 9.36. The fraction of sp³-hybridized carbons (Fsp3) is 0.300. The lowest BCUT2D eigenvalue weighted by Crippen LogP contribution is -2.50. The second-order valence-corrected chi connectivity index (χ2v) is 8.24. The van der Waals surface area contributed by atoms with Gasteiger partial charge in [-0.05, 0) is 48.7 Å². The molecule has 3 atom stereocenters. The summed E-state index contributed by atoms with van der Waals surface area (Å²) in [5, 5.41) is 5.75. The van der Waals surface area contributed by atoms with Crippen molar-refractivity contribution in [1.29, 1.82) is 0 Å². The van der Waals surface area contributed by atoms with Crippen molar-refractivity contribution in [3.63, 3.8) is 0 Å². The molecule has 28 heavy (non-hydrogen) atoms. The third-order valence-electron chi connectivity index (χ3n) is 5.68. The smallest absolute Gasteiger partial charge is 0.250 e. The number of piperidine rings is 1. The number of amides is 1. The number of carbonyl (C=O) groups is 1. The summed E-state index contributed by atoms with van der Waals surface area (Å²) >= 11 is 1.52. The van der Waals surface area contributed by atoms with E-state index >= 15 is 0 Å². The summed E-state index contributed by atoms with van der Waals surface area (Å²) in [5.41, 5.74) is 5.36. The molecule has 7 nitrogen and oxygen atoms in total. The van der Waals surface area contributed by atoms with Crippen LogP contribution in [0.25, 0.3) is 10.2 Å². The number of hydrazine groups is 1.